The summed E-state index contributed by atoms with van der Waals surface area (Å²) >= 11 is 1.43. The first kappa shape index (κ1) is 15.5. The predicted octanol–water partition coefficient (Wildman–Crippen LogP) is 1.49. The highest BCUT2D eigenvalue weighted by molar-refractivity contribution is 7.14. The van der Waals surface area contributed by atoms with Gasteiger partial charge in [-0.1, -0.05) is 6.92 Å². The van der Waals surface area contributed by atoms with E-state index in [0.29, 0.717) is 10.8 Å². The fourth-order valence-electron chi connectivity index (χ4n) is 2.23. The maximum Gasteiger partial charge on any atom is 0.348 e. The van der Waals surface area contributed by atoms with Gasteiger partial charge in [0.05, 0.1) is 0 Å². The standard InChI is InChI=1S/C14H18N2O4S/c1-8-3-4-10-9(5-8)6-11(21-10)13(18)20-7-12(17)16-14(19)15-2/h6,8H,3-5,7H2,1-2H3,(H2,15,16,17,19)/t8-/m1/s1. The number of nitrogens with one attached hydrogen (secondary N) is 2. The first-order valence-electron chi connectivity index (χ1n) is 6.80. The molecule has 3 amide bonds. The van der Waals surface area contributed by atoms with Crippen LogP contribution in [0, 0.1) is 5.92 Å². The van der Waals surface area contributed by atoms with E-state index in [2.05, 4.69) is 12.2 Å². The zero-order valence-electron chi connectivity index (χ0n) is 12.0. The third-order valence-electron chi connectivity index (χ3n) is 3.34. The monoisotopic (exact) mass is 310 g/mol. The number of hydrogen-bond acceptors (Lipinski definition) is 5. The number of aryl methyl sites for hydroxylation is 1. The van der Waals surface area contributed by atoms with Crippen LogP contribution in [-0.2, 0) is 22.4 Å². The van der Waals surface area contributed by atoms with Gasteiger partial charge in [0.25, 0.3) is 5.91 Å². The van der Waals surface area contributed by atoms with Crippen molar-refractivity contribution in [2.24, 2.45) is 5.92 Å². The quantitative estimate of drug-likeness (QED) is 0.828. The minimum absolute atomic E-state index is 0.467. The Morgan fingerprint density at radius 2 is 2.19 bits per heavy atom. The molecular formula is C14H18N2O4S. The minimum Gasteiger partial charge on any atom is -0.451 e. The molecule has 0 unspecified atom stereocenters. The van der Waals surface area contributed by atoms with Crippen LogP contribution >= 0.6 is 11.3 Å². The maximum atomic E-state index is 11.9. The second-order valence-corrected chi connectivity index (χ2v) is 6.25. The predicted molar refractivity (Wildman–Crippen MR) is 78.4 cm³/mol. The Hall–Kier alpha value is -1.89. The molecular weight excluding hydrogens is 292 g/mol. The second-order valence-electron chi connectivity index (χ2n) is 5.11. The molecule has 0 fully saturated rings. The van der Waals surface area contributed by atoms with Gasteiger partial charge in [0.2, 0.25) is 0 Å². The number of carbonyl (C=O) groups excluding carboxylic acids is 3. The average Bonchev–Trinajstić information content (AvgIpc) is 2.87. The molecule has 1 atom stereocenters. The number of hydrogen-bond donors (Lipinski definition) is 2. The Morgan fingerprint density at radius 3 is 2.90 bits per heavy atom. The van der Waals surface area contributed by atoms with E-state index < -0.39 is 24.5 Å². The lowest BCUT2D eigenvalue weighted by molar-refractivity contribution is -0.123. The van der Waals surface area contributed by atoms with E-state index in [4.69, 9.17) is 4.74 Å². The second kappa shape index (κ2) is 6.71. The van der Waals surface area contributed by atoms with Crippen LogP contribution < -0.4 is 10.6 Å². The van der Waals surface area contributed by atoms with Gasteiger partial charge >= 0.3 is 12.0 Å². The highest BCUT2D eigenvalue weighted by Crippen LogP contribution is 2.32. The van der Waals surface area contributed by atoms with Gasteiger partial charge < -0.3 is 10.1 Å². The molecule has 0 aromatic carbocycles. The van der Waals surface area contributed by atoms with E-state index in [-0.39, 0.29) is 0 Å². The van der Waals surface area contributed by atoms with Crippen LogP contribution in [0.2, 0.25) is 0 Å². The van der Waals surface area contributed by atoms with Crippen molar-refractivity contribution in [3.63, 3.8) is 0 Å². The molecule has 114 valence electrons. The summed E-state index contributed by atoms with van der Waals surface area (Å²) in [6.45, 7) is 1.73. The van der Waals surface area contributed by atoms with Crippen LogP contribution in [-0.4, -0.2) is 31.6 Å². The van der Waals surface area contributed by atoms with Crippen LogP contribution in [0.3, 0.4) is 0 Å². The van der Waals surface area contributed by atoms with Crippen molar-refractivity contribution in [3.8, 4) is 0 Å². The molecule has 1 aliphatic rings. The lowest BCUT2D eigenvalue weighted by atomic mass is 9.90. The van der Waals surface area contributed by atoms with Crippen LogP contribution in [0.1, 0.15) is 33.5 Å². The van der Waals surface area contributed by atoms with E-state index in [1.807, 2.05) is 11.4 Å². The van der Waals surface area contributed by atoms with Crippen molar-refractivity contribution in [1.29, 1.82) is 0 Å². The molecule has 2 N–H and O–H groups in total. The Labute approximate surface area is 126 Å². The Morgan fingerprint density at radius 1 is 1.43 bits per heavy atom. The van der Waals surface area contributed by atoms with Crippen molar-refractivity contribution in [1.82, 2.24) is 10.6 Å². The molecule has 0 bridgehead atoms. The van der Waals surface area contributed by atoms with Gasteiger partial charge in [-0.3, -0.25) is 10.1 Å². The maximum absolute atomic E-state index is 11.9. The summed E-state index contributed by atoms with van der Waals surface area (Å²) in [4.78, 5) is 35.9. The molecule has 0 spiro atoms. The SMILES string of the molecule is CNC(=O)NC(=O)COC(=O)c1cc2c(s1)CC[C@@H](C)C2. The smallest absolute Gasteiger partial charge is 0.348 e. The van der Waals surface area contributed by atoms with Crippen LogP contribution in [0.15, 0.2) is 6.07 Å². The third kappa shape index (κ3) is 4.04. The summed E-state index contributed by atoms with van der Waals surface area (Å²) in [6.07, 6.45) is 3.11. The molecule has 6 nitrogen and oxygen atoms in total. The highest BCUT2D eigenvalue weighted by atomic mass is 32.1. The Bertz CT molecular complexity index is 567. The molecule has 0 saturated heterocycles. The van der Waals surface area contributed by atoms with Gasteiger partial charge in [0.15, 0.2) is 6.61 Å². The molecule has 1 aliphatic carbocycles. The van der Waals surface area contributed by atoms with Gasteiger partial charge in [0, 0.05) is 11.9 Å². The number of ether oxygens (including phenoxy) is 1. The van der Waals surface area contributed by atoms with Crippen LogP contribution in [0.25, 0.3) is 0 Å². The number of amides is 3. The summed E-state index contributed by atoms with van der Waals surface area (Å²) in [7, 11) is 1.39. The fourth-order valence-corrected chi connectivity index (χ4v) is 3.34. The number of fused-ring (bicyclic) bond motifs is 1. The molecule has 0 aliphatic heterocycles. The molecule has 1 aromatic rings. The van der Waals surface area contributed by atoms with E-state index in [1.165, 1.54) is 28.8 Å². The molecule has 7 heteroatoms. The number of carbonyl (C=O) groups is 3. The lowest BCUT2D eigenvalue weighted by Crippen LogP contribution is -2.39. The number of imide groups is 1. The highest BCUT2D eigenvalue weighted by Gasteiger charge is 2.21. The first-order chi connectivity index (χ1) is 9.99. The van der Waals surface area contributed by atoms with Crippen molar-refractivity contribution in [2.45, 2.75) is 26.2 Å². The van der Waals surface area contributed by atoms with Crippen molar-refractivity contribution < 1.29 is 19.1 Å². The van der Waals surface area contributed by atoms with Crippen molar-refractivity contribution in [2.75, 3.05) is 13.7 Å². The van der Waals surface area contributed by atoms with E-state index in [9.17, 15) is 14.4 Å². The molecule has 0 radical (unpaired) electrons. The molecule has 2 rings (SSSR count). The van der Waals surface area contributed by atoms with Gasteiger partial charge in [-0.15, -0.1) is 11.3 Å². The normalized spacial score (nSPS) is 16.8. The molecule has 21 heavy (non-hydrogen) atoms. The summed E-state index contributed by atoms with van der Waals surface area (Å²) < 4.78 is 4.92. The fraction of sp³-hybridized carbons (Fsp3) is 0.500. The minimum atomic E-state index is -0.655. The number of thiophene rings is 1. The number of esters is 1. The van der Waals surface area contributed by atoms with Crippen molar-refractivity contribution >= 4 is 29.2 Å². The zero-order valence-corrected chi connectivity index (χ0v) is 12.8. The van der Waals surface area contributed by atoms with Gasteiger partial charge in [-0.2, -0.15) is 0 Å². The molecule has 1 aromatic heterocycles. The third-order valence-corrected chi connectivity index (χ3v) is 4.56. The van der Waals surface area contributed by atoms with Crippen molar-refractivity contribution in [3.05, 3.63) is 21.4 Å². The van der Waals surface area contributed by atoms with Gasteiger partial charge in [0.1, 0.15) is 4.88 Å². The number of urea groups is 1. The van der Waals surface area contributed by atoms with Gasteiger partial charge in [-0.25, -0.2) is 9.59 Å². The molecule has 0 saturated carbocycles. The van der Waals surface area contributed by atoms with Gasteiger partial charge in [-0.05, 0) is 36.8 Å². The summed E-state index contributed by atoms with van der Waals surface area (Å²) in [5.74, 6) is -0.541. The Kier molecular flexibility index (Phi) is 4.95. The van der Waals surface area contributed by atoms with Crippen LogP contribution in [0.4, 0.5) is 4.79 Å². The Balaban J connectivity index is 1.89. The zero-order chi connectivity index (χ0) is 15.4. The summed E-state index contributed by atoms with van der Waals surface area (Å²) in [5, 5.41) is 4.27. The summed E-state index contributed by atoms with van der Waals surface area (Å²) in [5.41, 5.74) is 1.21. The topological polar surface area (TPSA) is 84.5 Å². The average molecular weight is 310 g/mol. The molecule has 1 heterocycles. The van der Waals surface area contributed by atoms with E-state index in [1.54, 1.807) is 0 Å². The largest absolute Gasteiger partial charge is 0.451 e. The van der Waals surface area contributed by atoms with E-state index in [0.717, 1.165) is 19.3 Å². The lowest BCUT2D eigenvalue weighted by Gasteiger charge is -2.16. The van der Waals surface area contributed by atoms with E-state index >= 15 is 0 Å². The summed E-state index contributed by atoms with van der Waals surface area (Å²) in [6, 6.07) is 1.23. The van der Waals surface area contributed by atoms with Crippen LogP contribution in [0.5, 0.6) is 0 Å². The number of rotatable bonds is 3. The first-order valence-corrected chi connectivity index (χ1v) is 7.61.